The lowest BCUT2D eigenvalue weighted by molar-refractivity contribution is -0.112. The van der Waals surface area contributed by atoms with E-state index in [1.54, 1.807) is 42.5 Å². The lowest BCUT2D eigenvalue weighted by atomic mass is 10.2. The van der Waals surface area contributed by atoms with Gasteiger partial charge in [0, 0.05) is 16.7 Å². The summed E-state index contributed by atoms with van der Waals surface area (Å²) < 4.78 is 10.9. The number of nitrogens with zero attached hydrogens (tertiary/aromatic N) is 1. The summed E-state index contributed by atoms with van der Waals surface area (Å²) in [6.45, 7) is 0. The number of carbonyl (C=O) groups is 1. The molecule has 3 rings (SSSR count). The third-order valence-corrected chi connectivity index (χ3v) is 4.96. The zero-order valence-electron chi connectivity index (χ0n) is 15.0. The molecule has 0 aliphatic heterocycles. The highest BCUT2D eigenvalue weighted by molar-refractivity contribution is 6.43. The van der Waals surface area contributed by atoms with Crippen molar-refractivity contribution in [1.82, 2.24) is 0 Å². The largest absolute Gasteiger partial charge is 0.495 e. The monoisotopic (exact) mass is 446 g/mol. The second-order valence-electron chi connectivity index (χ2n) is 5.77. The Bertz CT molecular complexity index is 1150. The van der Waals surface area contributed by atoms with E-state index in [0.29, 0.717) is 43.6 Å². The molecule has 0 saturated carbocycles. The molecule has 0 atom stereocenters. The summed E-state index contributed by atoms with van der Waals surface area (Å²) in [5, 5.41) is 13.2. The van der Waals surface area contributed by atoms with Crippen LogP contribution in [0.1, 0.15) is 5.76 Å². The molecule has 5 nitrogen and oxygen atoms in total. The molecule has 0 aliphatic carbocycles. The minimum absolute atomic E-state index is 0.162. The van der Waals surface area contributed by atoms with Crippen molar-refractivity contribution in [3.05, 3.63) is 74.9 Å². The van der Waals surface area contributed by atoms with Gasteiger partial charge in [-0.25, -0.2) is 0 Å². The van der Waals surface area contributed by atoms with E-state index in [0.717, 1.165) is 0 Å². The first-order chi connectivity index (χ1) is 13.9. The Morgan fingerprint density at radius 1 is 1.17 bits per heavy atom. The zero-order chi connectivity index (χ0) is 21.0. The quantitative estimate of drug-likeness (QED) is 0.360. The normalized spacial score (nSPS) is 11.1. The summed E-state index contributed by atoms with van der Waals surface area (Å²) in [6.07, 6.45) is 1.33. The minimum atomic E-state index is -0.633. The van der Waals surface area contributed by atoms with Gasteiger partial charge >= 0.3 is 0 Å². The molecule has 0 bridgehead atoms. The first kappa shape index (κ1) is 20.8. The van der Waals surface area contributed by atoms with Crippen LogP contribution < -0.4 is 10.1 Å². The number of amides is 1. The molecular formula is C21H13Cl3N2O3. The lowest BCUT2D eigenvalue weighted by Crippen LogP contribution is -2.14. The van der Waals surface area contributed by atoms with Gasteiger partial charge in [0.05, 0.1) is 22.8 Å². The number of ether oxygens (including phenoxy) is 1. The number of methoxy groups -OCH3 is 1. The van der Waals surface area contributed by atoms with Crippen LogP contribution in [0.5, 0.6) is 5.75 Å². The molecule has 8 heteroatoms. The van der Waals surface area contributed by atoms with E-state index in [-0.39, 0.29) is 5.57 Å². The van der Waals surface area contributed by atoms with E-state index in [9.17, 15) is 10.1 Å². The van der Waals surface area contributed by atoms with Gasteiger partial charge in [-0.05, 0) is 42.5 Å². The molecule has 2 aromatic carbocycles. The van der Waals surface area contributed by atoms with Crippen molar-refractivity contribution in [2.75, 3.05) is 12.4 Å². The Balaban J connectivity index is 1.86. The number of nitriles is 1. The summed E-state index contributed by atoms with van der Waals surface area (Å²) in [4.78, 5) is 12.5. The van der Waals surface area contributed by atoms with E-state index in [1.807, 2.05) is 6.07 Å². The third-order valence-electron chi connectivity index (χ3n) is 3.91. The number of nitrogens with one attached hydrogen (secondary N) is 1. The number of halogens is 3. The number of furan rings is 1. The highest BCUT2D eigenvalue weighted by Crippen LogP contribution is 2.34. The maximum Gasteiger partial charge on any atom is 0.266 e. The van der Waals surface area contributed by atoms with Crippen molar-refractivity contribution in [3.8, 4) is 23.1 Å². The van der Waals surface area contributed by atoms with Gasteiger partial charge in [0.2, 0.25) is 0 Å². The molecule has 0 unspecified atom stereocenters. The Labute approximate surface area is 182 Å². The molecule has 3 aromatic rings. The van der Waals surface area contributed by atoms with Gasteiger partial charge < -0.3 is 14.5 Å². The predicted molar refractivity (Wildman–Crippen MR) is 114 cm³/mol. The van der Waals surface area contributed by atoms with Crippen molar-refractivity contribution in [3.63, 3.8) is 0 Å². The van der Waals surface area contributed by atoms with Crippen LogP contribution in [0.2, 0.25) is 15.1 Å². The van der Waals surface area contributed by atoms with Gasteiger partial charge in [-0.1, -0.05) is 40.9 Å². The van der Waals surface area contributed by atoms with Gasteiger partial charge in [0.1, 0.15) is 28.9 Å². The Hall–Kier alpha value is -2.91. The maximum absolute atomic E-state index is 12.5. The first-order valence-electron chi connectivity index (χ1n) is 8.24. The maximum atomic E-state index is 12.5. The molecule has 1 heterocycles. The van der Waals surface area contributed by atoms with Crippen LogP contribution in [0.3, 0.4) is 0 Å². The summed E-state index contributed by atoms with van der Waals surface area (Å²) in [5.41, 5.74) is 0.785. The van der Waals surface area contributed by atoms with Crippen LogP contribution in [-0.2, 0) is 4.79 Å². The van der Waals surface area contributed by atoms with Gasteiger partial charge in [-0.15, -0.1) is 0 Å². The summed E-state index contributed by atoms with van der Waals surface area (Å²) in [7, 11) is 1.46. The molecular weight excluding hydrogens is 435 g/mol. The van der Waals surface area contributed by atoms with Crippen molar-refractivity contribution in [2.45, 2.75) is 0 Å². The van der Waals surface area contributed by atoms with E-state index < -0.39 is 5.91 Å². The third kappa shape index (κ3) is 4.75. The number of anilines is 1. The molecule has 1 N–H and O–H groups in total. The molecule has 1 aromatic heterocycles. The molecule has 0 aliphatic rings. The lowest BCUT2D eigenvalue weighted by Gasteiger charge is -2.09. The van der Waals surface area contributed by atoms with E-state index in [4.69, 9.17) is 44.0 Å². The van der Waals surface area contributed by atoms with Gasteiger partial charge in [0.15, 0.2) is 0 Å². The predicted octanol–water partition coefficient (Wildman–Crippen LogP) is 6.46. The number of carbonyl (C=O) groups excluding carboxylic acids is 1. The smallest absolute Gasteiger partial charge is 0.266 e. The molecule has 0 fully saturated rings. The SMILES string of the molecule is COc1ccc(Cl)cc1NC(=O)/C(C#N)=C/c1ccc(-c2cccc(Cl)c2Cl)o1. The molecule has 0 saturated heterocycles. The number of benzene rings is 2. The molecule has 0 spiro atoms. The van der Waals surface area contributed by atoms with Crippen molar-refractivity contribution in [1.29, 1.82) is 5.26 Å². The summed E-state index contributed by atoms with van der Waals surface area (Å²) >= 11 is 18.2. The number of hydrogen-bond acceptors (Lipinski definition) is 4. The molecule has 146 valence electrons. The van der Waals surface area contributed by atoms with Crippen LogP contribution in [-0.4, -0.2) is 13.0 Å². The highest BCUT2D eigenvalue weighted by Gasteiger charge is 2.15. The second-order valence-corrected chi connectivity index (χ2v) is 6.99. The summed E-state index contributed by atoms with van der Waals surface area (Å²) in [6, 6.07) is 15.1. The Morgan fingerprint density at radius 2 is 1.97 bits per heavy atom. The van der Waals surface area contributed by atoms with Crippen molar-refractivity contribution in [2.24, 2.45) is 0 Å². The summed E-state index contributed by atoms with van der Waals surface area (Å²) in [5.74, 6) is 0.543. The molecule has 1 amide bonds. The first-order valence-corrected chi connectivity index (χ1v) is 9.37. The average Bonchev–Trinajstić information content (AvgIpc) is 3.16. The average molecular weight is 448 g/mol. The molecule has 0 radical (unpaired) electrons. The van der Waals surface area contributed by atoms with Crippen LogP contribution in [0.15, 0.2) is 58.5 Å². The van der Waals surface area contributed by atoms with E-state index >= 15 is 0 Å². The van der Waals surface area contributed by atoms with E-state index in [1.165, 1.54) is 19.3 Å². The second kappa shape index (κ2) is 9.06. The Kier molecular flexibility index (Phi) is 6.50. The molecule has 29 heavy (non-hydrogen) atoms. The fourth-order valence-electron chi connectivity index (χ4n) is 2.53. The highest BCUT2D eigenvalue weighted by atomic mass is 35.5. The zero-order valence-corrected chi connectivity index (χ0v) is 17.3. The van der Waals surface area contributed by atoms with Gasteiger partial charge in [-0.2, -0.15) is 5.26 Å². The van der Waals surface area contributed by atoms with Crippen molar-refractivity contribution < 1.29 is 13.9 Å². The topological polar surface area (TPSA) is 75.3 Å². The van der Waals surface area contributed by atoms with Crippen LogP contribution in [0, 0.1) is 11.3 Å². The minimum Gasteiger partial charge on any atom is -0.495 e. The fourth-order valence-corrected chi connectivity index (χ4v) is 3.09. The van der Waals surface area contributed by atoms with E-state index in [2.05, 4.69) is 5.32 Å². The van der Waals surface area contributed by atoms with Gasteiger partial charge in [0.25, 0.3) is 5.91 Å². The standard InChI is InChI=1S/C21H13Cl3N2O3/c1-28-19-7-5-13(22)10-17(19)26-21(27)12(11-25)9-14-6-8-18(29-14)15-3-2-4-16(23)20(15)24/h2-10H,1H3,(H,26,27)/b12-9+. The number of hydrogen-bond donors (Lipinski definition) is 1. The van der Waals surface area contributed by atoms with Crippen LogP contribution >= 0.6 is 34.8 Å². The fraction of sp³-hybridized carbons (Fsp3) is 0.0476. The van der Waals surface area contributed by atoms with Gasteiger partial charge in [-0.3, -0.25) is 4.79 Å². The Morgan fingerprint density at radius 3 is 2.69 bits per heavy atom. The van der Waals surface area contributed by atoms with Crippen LogP contribution in [0.4, 0.5) is 5.69 Å². The number of rotatable bonds is 5. The van der Waals surface area contributed by atoms with Crippen LogP contribution in [0.25, 0.3) is 17.4 Å². The van der Waals surface area contributed by atoms with Crippen molar-refractivity contribution >= 4 is 52.5 Å².